The number of nitrogens with one attached hydrogen (secondary N) is 1. The normalized spacial score (nSPS) is 19.7. The smallest absolute Gasteiger partial charge is 0.298 e. The number of likely N-dealkylation sites (tertiary alicyclic amines) is 2. The average Bonchev–Trinajstić information content (AvgIpc) is 3.04. The van der Waals surface area contributed by atoms with Crippen molar-refractivity contribution in [2.75, 3.05) is 62.7 Å². The van der Waals surface area contributed by atoms with Crippen LogP contribution >= 0.6 is 0 Å². The molecule has 0 saturated carbocycles. The van der Waals surface area contributed by atoms with E-state index in [1.165, 1.54) is 0 Å². The average molecular weight is 503 g/mol. The first kappa shape index (κ1) is 24.0. The number of rotatable bonds is 5. The van der Waals surface area contributed by atoms with Crippen molar-refractivity contribution in [3.63, 3.8) is 0 Å². The largest absolute Gasteiger partial charge is 0.485 e. The lowest BCUT2D eigenvalue weighted by Gasteiger charge is -2.51. The zero-order chi connectivity index (χ0) is 25.4. The second-order valence-corrected chi connectivity index (χ2v) is 10.2. The Kier molecular flexibility index (Phi) is 6.61. The number of aromatic nitrogens is 2. The van der Waals surface area contributed by atoms with Crippen LogP contribution in [0, 0.1) is 11.8 Å². The first-order chi connectivity index (χ1) is 18.1. The van der Waals surface area contributed by atoms with Crippen LogP contribution in [0.25, 0.3) is 0 Å². The Morgan fingerprint density at radius 3 is 2.78 bits per heavy atom. The fraction of sp³-hybridized carbons (Fsp3) is 0.536. The third kappa shape index (κ3) is 4.60. The number of anilines is 3. The molecule has 2 aromatic heterocycles. The summed E-state index contributed by atoms with van der Waals surface area (Å²) in [6.07, 6.45) is 3.74. The Morgan fingerprint density at radius 2 is 2.03 bits per heavy atom. The van der Waals surface area contributed by atoms with Crippen molar-refractivity contribution < 1.29 is 14.3 Å². The minimum Gasteiger partial charge on any atom is -0.485 e. The Hall–Kier alpha value is -3.35. The van der Waals surface area contributed by atoms with Crippen LogP contribution in [-0.4, -0.2) is 84.2 Å². The van der Waals surface area contributed by atoms with E-state index in [9.17, 15) is 4.79 Å². The maximum atomic E-state index is 11.9. The van der Waals surface area contributed by atoms with Gasteiger partial charge in [-0.05, 0) is 31.4 Å². The number of ether oxygens (including phenoxy) is 2. The minimum absolute atomic E-state index is 0.0656. The van der Waals surface area contributed by atoms with E-state index in [2.05, 4.69) is 51.0 Å². The molecule has 9 heteroatoms. The van der Waals surface area contributed by atoms with Crippen molar-refractivity contribution in [1.29, 1.82) is 0 Å². The van der Waals surface area contributed by atoms with Crippen LogP contribution in [0.1, 0.15) is 43.1 Å². The van der Waals surface area contributed by atoms with Gasteiger partial charge < -0.3 is 24.6 Å². The molecule has 0 spiro atoms. The highest BCUT2D eigenvalue weighted by Gasteiger charge is 2.41. The molecule has 1 N–H and O–H groups in total. The van der Waals surface area contributed by atoms with Crippen LogP contribution in [0.5, 0.6) is 5.75 Å². The van der Waals surface area contributed by atoms with Crippen molar-refractivity contribution in [3.8, 4) is 17.6 Å². The second-order valence-electron chi connectivity index (χ2n) is 10.2. The van der Waals surface area contributed by atoms with Gasteiger partial charge in [-0.1, -0.05) is 19.3 Å². The van der Waals surface area contributed by atoms with E-state index in [1.807, 2.05) is 11.1 Å². The molecule has 4 aliphatic rings. The lowest BCUT2D eigenvalue weighted by Crippen LogP contribution is -2.65. The zero-order valence-electron chi connectivity index (χ0n) is 21.6. The van der Waals surface area contributed by atoms with E-state index in [4.69, 9.17) is 14.5 Å². The van der Waals surface area contributed by atoms with E-state index in [0.717, 1.165) is 105 Å². The van der Waals surface area contributed by atoms with Crippen molar-refractivity contribution >= 4 is 23.1 Å². The van der Waals surface area contributed by atoms with Gasteiger partial charge in [0.2, 0.25) is 0 Å². The Labute approximate surface area is 218 Å². The summed E-state index contributed by atoms with van der Waals surface area (Å²) in [5.74, 6) is 7.34. The summed E-state index contributed by atoms with van der Waals surface area (Å²) < 4.78 is 12.0. The van der Waals surface area contributed by atoms with Gasteiger partial charge in [0, 0.05) is 68.8 Å². The summed E-state index contributed by atoms with van der Waals surface area (Å²) in [4.78, 5) is 28.4. The van der Waals surface area contributed by atoms with Crippen molar-refractivity contribution in [3.05, 3.63) is 35.3 Å². The molecule has 9 nitrogen and oxygen atoms in total. The number of fused-ring (bicyclic) bond motifs is 2. The van der Waals surface area contributed by atoms with E-state index in [1.54, 1.807) is 6.92 Å². The summed E-state index contributed by atoms with van der Waals surface area (Å²) in [6.45, 7) is 11.0. The molecule has 0 radical (unpaired) electrons. The molecule has 2 aromatic rings. The number of aryl methyl sites for hydroxylation is 1. The van der Waals surface area contributed by atoms with Crippen LogP contribution in [0.2, 0.25) is 0 Å². The number of morpholine rings is 1. The molecule has 0 unspecified atom stereocenters. The lowest BCUT2D eigenvalue weighted by molar-refractivity contribution is -0.133. The van der Waals surface area contributed by atoms with Crippen LogP contribution in [0.15, 0.2) is 18.3 Å². The number of carbonyl (C=O) groups is 1. The van der Waals surface area contributed by atoms with Gasteiger partial charge in [0.1, 0.15) is 12.4 Å². The Bertz CT molecular complexity index is 1240. The maximum Gasteiger partial charge on any atom is 0.298 e. The van der Waals surface area contributed by atoms with Gasteiger partial charge in [0.15, 0.2) is 5.75 Å². The molecule has 6 rings (SSSR count). The quantitative estimate of drug-likeness (QED) is 0.625. The number of carbonyl (C=O) groups excluding carboxylic acids is 1. The number of nitrogens with zero attached hydrogens (tertiary/aromatic N) is 5. The van der Waals surface area contributed by atoms with Crippen molar-refractivity contribution in [1.82, 2.24) is 19.8 Å². The third-order valence-corrected chi connectivity index (χ3v) is 7.77. The van der Waals surface area contributed by atoms with Gasteiger partial charge in [-0.3, -0.25) is 14.7 Å². The molecule has 37 heavy (non-hydrogen) atoms. The van der Waals surface area contributed by atoms with Crippen LogP contribution in [0.3, 0.4) is 0 Å². The number of hydrogen-bond donors (Lipinski definition) is 1. The molecule has 0 atom stereocenters. The molecule has 194 valence electrons. The molecule has 6 heterocycles. The summed E-state index contributed by atoms with van der Waals surface area (Å²) in [5, 5.41) is 3.61. The van der Waals surface area contributed by atoms with E-state index >= 15 is 0 Å². The van der Waals surface area contributed by atoms with E-state index < -0.39 is 0 Å². The van der Waals surface area contributed by atoms with Crippen molar-refractivity contribution in [2.45, 2.75) is 45.3 Å². The van der Waals surface area contributed by atoms with Gasteiger partial charge in [0.25, 0.3) is 5.91 Å². The molecule has 0 aromatic carbocycles. The van der Waals surface area contributed by atoms with Crippen LogP contribution in [-0.2, 0) is 22.6 Å². The summed E-state index contributed by atoms with van der Waals surface area (Å²) in [5.41, 5.74) is 5.31. The molecule has 0 aliphatic carbocycles. The molecule has 3 saturated heterocycles. The highest BCUT2D eigenvalue weighted by molar-refractivity contribution is 5.94. The molecule has 1 amide bonds. The maximum absolute atomic E-state index is 11.9. The standard InChI is InChI=1S/C28H34N6O3/c1-3-5-22-27-24(31-28-21(18-37-27)25(7-8-29-28)32-9-11-36-12-10-32)13-23(30-22)19-14-33(15-19)20-16-34(17-20)26(35)6-4-2/h7-8,13,19-20H,3,5,9-12,14-18H2,1-2H3,(H,29,31). The Balaban J connectivity index is 1.20. The predicted octanol–water partition coefficient (Wildman–Crippen LogP) is 2.54. The van der Waals surface area contributed by atoms with Gasteiger partial charge in [-0.25, -0.2) is 4.98 Å². The molecular formula is C28H34N6O3. The van der Waals surface area contributed by atoms with Gasteiger partial charge in [-0.2, -0.15) is 0 Å². The topological polar surface area (TPSA) is 83.1 Å². The highest BCUT2D eigenvalue weighted by Crippen LogP contribution is 2.41. The fourth-order valence-corrected chi connectivity index (χ4v) is 5.62. The third-order valence-electron chi connectivity index (χ3n) is 7.77. The summed E-state index contributed by atoms with van der Waals surface area (Å²) in [6, 6.07) is 4.66. The molecule has 3 fully saturated rings. The number of hydrogen-bond acceptors (Lipinski definition) is 8. The molecule has 4 aliphatic heterocycles. The van der Waals surface area contributed by atoms with Crippen LogP contribution in [0.4, 0.5) is 17.2 Å². The first-order valence-corrected chi connectivity index (χ1v) is 13.3. The predicted molar refractivity (Wildman–Crippen MR) is 141 cm³/mol. The summed E-state index contributed by atoms with van der Waals surface area (Å²) in [7, 11) is 0. The zero-order valence-corrected chi connectivity index (χ0v) is 21.6. The minimum atomic E-state index is -0.0656. The van der Waals surface area contributed by atoms with Gasteiger partial charge in [-0.15, -0.1) is 0 Å². The van der Waals surface area contributed by atoms with Gasteiger partial charge in [0.05, 0.1) is 30.2 Å². The number of pyridine rings is 2. The van der Waals surface area contributed by atoms with Gasteiger partial charge >= 0.3 is 0 Å². The van der Waals surface area contributed by atoms with E-state index in [0.29, 0.717) is 18.6 Å². The van der Waals surface area contributed by atoms with Crippen molar-refractivity contribution in [2.24, 2.45) is 0 Å². The monoisotopic (exact) mass is 502 g/mol. The SMILES string of the molecule is CC#CC(=O)N1CC(N2CC(c3cc4c(c(CCC)n3)OCc3c(N5CCOCC5)ccnc3N4)C2)C1. The summed E-state index contributed by atoms with van der Waals surface area (Å²) >= 11 is 0. The molecule has 0 bridgehead atoms. The lowest BCUT2D eigenvalue weighted by atomic mass is 9.91. The Morgan fingerprint density at radius 1 is 1.22 bits per heavy atom. The second kappa shape index (κ2) is 10.2. The van der Waals surface area contributed by atoms with E-state index in [-0.39, 0.29) is 5.91 Å². The fourth-order valence-electron chi connectivity index (χ4n) is 5.62. The molecular weight excluding hydrogens is 468 g/mol. The highest BCUT2D eigenvalue weighted by atomic mass is 16.5. The first-order valence-electron chi connectivity index (χ1n) is 13.3. The van der Waals surface area contributed by atoms with Crippen LogP contribution < -0.4 is 15.0 Å². The number of amides is 1.